The predicted octanol–water partition coefficient (Wildman–Crippen LogP) is 8.76. The zero-order valence-electron chi connectivity index (χ0n) is 29.3. The van der Waals surface area contributed by atoms with Crippen molar-refractivity contribution in [3.05, 3.63) is 147 Å². The molecule has 5 heteroatoms. The van der Waals surface area contributed by atoms with Gasteiger partial charge >= 0.3 is 0 Å². The summed E-state index contributed by atoms with van der Waals surface area (Å²) in [7, 11) is -5.33. The second-order valence-corrected chi connectivity index (χ2v) is 24.6. The van der Waals surface area contributed by atoms with Crippen molar-refractivity contribution < 1.29 is 8.85 Å². The molecule has 0 radical (unpaired) electrons. The van der Waals surface area contributed by atoms with E-state index in [1.807, 2.05) is 23.9 Å². The number of allylic oxidation sites excluding steroid dienone is 2. The van der Waals surface area contributed by atoms with Crippen LogP contribution in [-0.2, 0) is 8.85 Å². The van der Waals surface area contributed by atoms with E-state index in [1.54, 1.807) is 0 Å². The molecule has 0 aliphatic rings. The van der Waals surface area contributed by atoms with Crippen LogP contribution < -0.4 is 20.7 Å². The van der Waals surface area contributed by atoms with Crippen molar-refractivity contribution in [2.75, 3.05) is 13.2 Å². The lowest BCUT2D eigenvalue weighted by Gasteiger charge is -2.44. The largest absolute Gasteiger partial charge is 0.406 e. The van der Waals surface area contributed by atoms with Gasteiger partial charge in [0.2, 0.25) is 0 Å². The van der Waals surface area contributed by atoms with Crippen LogP contribution in [-0.4, -0.2) is 40.3 Å². The Morgan fingerprint density at radius 1 is 0.511 bits per heavy atom. The van der Waals surface area contributed by atoms with E-state index in [9.17, 15) is 0 Å². The summed E-state index contributed by atoms with van der Waals surface area (Å²) in [6.45, 7) is 23.6. The van der Waals surface area contributed by atoms with Gasteiger partial charge in [-0.25, -0.2) is 0 Å². The maximum Gasteiger partial charge on any atom is 0.261 e. The molecule has 0 aromatic heterocycles. The maximum atomic E-state index is 7.41. The van der Waals surface area contributed by atoms with Gasteiger partial charge in [-0.3, -0.25) is 0 Å². The van der Waals surface area contributed by atoms with Gasteiger partial charge in [0.05, 0.1) is 0 Å². The molecular weight excluding hydrogens is 625 g/mol. The summed E-state index contributed by atoms with van der Waals surface area (Å²) in [5.74, 6) is 0. The highest BCUT2D eigenvalue weighted by Gasteiger charge is 2.51. The fourth-order valence-electron chi connectivity index (χ4n) is 6.93. The monoisotopic (exact) mass is 678 g/mol. The lowest BCUT2D eigenvalue weighted by molar-refractivity contribution is 0.290. The van der Waals surface area contributed by atoms with Gasteiger partial charge in [0, 0.05) is 23.7 Å². The van der Waals surface area contributed by atoms with E-state index in [0.29, 0.717) is 13.2 Å². The molecule has 0 saturated heterocycles. The lowest BCUT2D eigenvalue weighted by Crippen LogP contribution is -2.67. The maximum absolute atomic E-state index is 7.41. The van der Waals surface area contributed by atoms with Gasteiger partial charge in [-0.2, -0.15) is 0 Å². The summed E-state index contributed by atoms with van der Waals surface area (Å²) < 4.78 is 14.8. The molecular formula is C42H54O2SSi2. The summed E-state index contributed by atoms with van der Waals surface area (Å²) in [5, 5.41) is 5.51. The quantitative estimate of drug-likeness (QED) is 0.0872. The van der Waals surface area contributed by atoms with Crippen LogP contribution in [0.15, 0.2) is 147 Å². The van der Waals surface area contributed by atoms with E-state index in [-0.39, 0.29) is 20.6 Å². The lowest BCUT2D eigenvalue weighted by atomic mass is 10.2. The van der Waals surface area contributed by atoms with Gasteiger partial charge in [0.1, 0.15) is 0 Å². The number of benzene rings is 4. The molecule has 0 N–H and O–H groups in total. The summed E-state index contributed by atoms with van der Waals surface area (Å²) in [5.41, 5.74) is 0. The smallest absolute Gasteiger partial charge is 0.261 e. The average molecular weight is 679 g/mol. The van der Waals surface area contributed by atoms with Crippen LogP contribution in [0.25, 0.3) is 0 Å². The van der Waals surface area contributed by atoms with E-state index in [4.69, 9.17) is 8.85 Å². The first kappa shape index (κ1) is 36.9. The molecule has 248 valence electrons. The molecule has 0 fully saturated rings. The Kier molecular flexibility index (Phi) is 12.9. The standard InChI is InChI=1S/C42H54O2SSi2/c1-9-23-35(33-43-46(41(3,4)5,37-25-15-11-16-26-37)38-27-17-12-18-28-38)45-36(24-10-2)34-44-47(42(6,7)8,39-29-19-13-20-30-39)40-31-21-14-22-32-40/h9-22,25-32,35-36H,1-2,23-24,33-34H2,3-8H3/t35-,36-/m0/s1. The molecule has 2 nitrogen and oxygen atoms in total. The van der Waals surface area contributed by atoms with Crippen LogP contribution in [0.1, 0.15) is 54.4 Å². The first-order valence-corrected chi connectivity index (χ1v) is 21.6. The normalized spacial score (nSPS) is 13.9. The van der Waals surface area contributed by atoms with E-state index < -0.39 is 16.6 Å². The van der Waals surface area contributed by atoms with Crippen LogP contribution in [0.5, 0.6) is 0 Å². The minimum atomic E-state index is -2.66. The minimum Gasteiger partial charge on any atom is -0.406 e. The van der Waals surface area contributed by atoms with Gasteiger partial charge in [-0.15, -0.1) is 24.9 Å². The zero-order valence-corrected chi connectivity index (χ0v) is 32.1. The van der Waals surface area contributed by atoms with Crippen molar-refractivity contribution in [1.29, 1.82) is 0 Å². The Labute approximate surface area is 291 Å². The molecule has 0 aliphatic heterocycles. The highest BCUT2D eigenvalue weighted by Crippen LogP contribution is 2.39. The summed E-state index contributed by atoms with van der Waals surface area (Å²) in [6.07, 6.45) is 5.80. The second-order valence-electron chi connectivity index (χ2n) is 14.4. The van der Waals surface area contributed by atoms with E-state index >= 15 is 0 Å². The Hall–Kier alpha value is -2.94. The molecule has 0 amide bonds. The molecule has 0 spiro atoms. The molecule has 0 unspecified atom stereocenters. The Morgan fingerprint density at radius 3 is 0.979 bits per heavy atom. The predicted molar refractivity (Wildman–Crippen MR) is 212 cm³/mol. The molecule has 0 bridgehead atoms. The number of rotatable bonds is 16. The van der Waals surface area contributed by atoms with Crippen molar-refractivity contribution in [3.8, 4) is 0 Å². The summed E-state index contributed by atoms with van der Waals surface area (Å²) in [6, 6.07) is 43.7. The van der Waals surface area contributed by atoms with Crippen molar-refractivity contribution >= 4 is 49.1 Å². The van der Waals surface area contributed by atoms with Crippen molar-refractivity contribution in [3.63, 3.8) is 0 Å². The third-order valence-electron chi connectivity index (χ3n) is 9.05. The van der Waals surface area contributed by atoms with Gasteiger partial charge < -0.3 is 8.85 Å². The Balaban J connectivity index is 1.66. The van der Waals surface area contributed by atoms with Crippen LogP contribution >= 0.6 is 11.8 Å². The second kappa shape index (κ2) is 16.4. The molecule has 0 heterocycles. The summed E-state index contributed by atoms with van der Waals surface area (Å²) >= 11 is 1.97. The topological polar surface area (TPSA) is 18.5 Å². The zero-order chi connectivity index (χ0) is 34.0. The highest BCUT2D eigenvalue weighted by atomic mass is 32.2. The molecule has 2 atom stereocenters. The van der Waals surface area contributed by atoms with Crippen molar-refractivity contribution in [1.82, 2.24) is 0 Å². The molecule has 4 aromatic rings. The van der Waals surface area contributed by atoms with Crippen molar-refractivity contribution in [2.45, 2.75) is 75.0 Å². The molecule has 4 rings (SSSR count). The molecule has 0 aliphatic carbocycles. The van der Waals surface area contributed by atoms with Gasteiger partial charge in [0.25, 0.3) is 16.6 Å². The SMILES string of the molecule is C=CC[C@@H](CO[Si](c1ccccc1)(c1ccccc1)C(C)(C)C)S[C@@H](CC=C)CO[Si](c1ccccc1)(c1ccccc1)C(C)(C)C. The van der Waals surface area contributed by atoms with Gasteiger partial charge in [-0.1, -0.05) is 175 Å². The fourth-order valence-corrected chi connectivity index (χ4v) is 17.7. The molecule has 4 aromatic carbocycles. The first-order valence-electron chi connectivity index (χ1n) is 16.9. The molecule has 47 heavy (non-hydrogen) atoms. The van der Waals surface area contributed by atoms with Crippen LogP contribution in [0, 0.1) is 0 Å². The number of hydrogen-bond acceptors (Lipinski definition) is 3. The van der Waals surface area contributed by atoms with Crippen LogP contribution in [0.2, 0.25) is 10.1 Å². The van der Waals surface area contributed by atoms with Crippen molar-refractivity contribution in [2.24, 2.45) is 0 Å². The number of hydrogen-bond donors (Lipinski definition) is 0. The first-order chi connectivity index (χ1) is 22.5. The number of thioether (sulfide) groups is 1. The molecule has 0 saturated carbocycles. The van der Waals surface area contributed by atoms with Crippen LogP contribution in [0.3, 0.4) is 0 Å². The van der Waals surface area contributed by atoms with Crippen LogP contribution in [0.4, 0.5) is 0 Å². The Morgan fingerprint density at radius 2 is 0.766 bits per heavy atom. The third-order valence-corrected chi connectivity index (χ3v) is 20.5. The third kappa shape index (κ3) is 8.38. The Bertz CT molecular complexity index is 1320. The van der Waals surface area contributed by atoms with Gasteiger partial charge in [0.15, 0.2) is 0 Å². The van der Waals surface area contributed by atoms with E-state index in [1.165, 1.54) is 20.7 Å². The summed E-state index contributed by atoms with van der Waals surface area (Å²) in [4.78, 5) is 0. The highest BCUT2D eigenvalue weighted by molar-refractivity contribution is 8.00. The van der Waals surface area contributed by atoms with E-state index in [2.05, 4.69) is 176 Å². The average Bonchev–Trinajstić information content (AvgIpc) is 3.06. The minimum absolute atomic E-state index is 0.0774. The fraction of sp³-hybridized carbons (Fsp3) is 0.333. The van der Waals surface area contributed by atoms with Gasteiger partial charge in [-0.05, 0) is 43.7 Å². The van der Waals surface area contributed by atoms with E-state index in [0.717, 1.165) is 12.8 Å².